The smallest absolute Gasteiger partial charge is 0.407 e. The van der Waals surface area contributed by atoms with Crippen molar-refractivity contribution >= 4 is 6.09 Å². The van der Waals surface area contributed by atoms with Gasteiger partial charge in [0.25, 0.3) is 0 Å². The van der Waals surface area contributed by atoms with Crippen LogP contribution in [0.1, 0.15) is 47.5 Å². The molecule has 0 bridgehead atoms. The highest BCUT2D eigenvalue weighted by Crippen LogP contribution is 2.15. The van der Waals surface area contributed by atoms with E-state index in [4.69, 9.17) is 10.00 Å². The Hall–Kier alpha value is -1.28. The van der Waals surface area contributed by atoms with Crippen molar-refractivity contribution < 1.29 is 14.6 Å². The van der Waals surface area contributed by atoms with Crippen LogP contribution in [0.15, 0.2) is 0 Å². The number of hydrogen-bond acceptors (Lipinski definition) is 4. The minimum Gasteiger partial charge on any atom is -0.444 e. The summed E-state index contributed by atoms with van der Waals surface area (Å²) in [5.74, 6) is 0.0702. The number of carbonyl (C=O) groups is 1. The molecule has 104 valence electrons. The summed E-state index contributed by atoms with van der Waals surface area (Å²) in [6, 6.07) is 1.44. The van der Waals surface area contributed by atoms with E-state index in [-0.39, 0.29) is 12.3 Å². The van der Waals surface area contributed by atoms with Crippen molar-refractivity contribution in [1.29, 1.82) is 5.26 Å². The van der Waals surface area contributed by atoms with Crippen LogP contribution in [-0.4, -0.2) is 28.9 Å². The molecule has 0 aliphatic rings. The fourth-order valence-electron chi connectivity index (χ4n) is 1.54. The highest BCUT2D eigenvalue weighted by molar-refractivity contribution is 5.68. The number of alkyl carbamates (subject to hydrolysis) is 1. The van der Waals surface area contributed by atoms with Gasteiger partial charge in [-0.1, -0.05) is 20.3 Å². The molecule has 0 heterocycles. The number of rotatable bonds is 5. The van der Waals surface area contributed by atoms with E-state index in [1.165, 1.54) is 0 Å². The van der Waals surface area contributed by atoms with Crippen LogP contribution < -0.4 is 5.32 Å². The van der Waals surface area contributed by atoms with Gasteiger partial charge in [0.15, 0.2) is 0 Å². The van der Waals surface area contributed by atoms with Crippen LogP contribution in [0.25, 0.3) is 0 Å². The lowest BCUT2D eigenvalue weighted by Gasteiger charge is -2.29. The van der Waals surface area contributed by atoms with E-state index in [1.54, 1.807) is 20.8 Å². The number of aliphatic hydroxyl groups is 1. The maximum Gasteiger partial charge on any atom is 0.407 e. The highest BCUT2D eigenvalue weighted by Gasteiger charge is 2.28. The monoisotopic (exact) mass is 256 g/mol. The molecule has 0 aromatic rings. The molecule has 0 unspecified atom stereocenters. The zero-order valence-corrected chi connectivity index (χ0v) is 11.9. The lowest BCUT2D eigenvalue weighted by atomic mass is 9.93. The van der Waals surface area contributed by atoms with Crippen LogP contribution in [0.4, 0.5) is 4.79 Å². The number of nitrogens with zero attached hydrogens (tertiary/aromatic N) is 1. The first-order valence-corrected chi connectivity index (χ1v) is 6.25. The Morgan fingerprint density at radius 2 is 2.06 bits per heavy atom. The quantitative estimate of drug-likeness (QED) is 0.790. The Kier molecular flexibility index (Phi) is 6.71. The van der Waals surface area contributed by atoms with Crippen molar-refractivity contribution in [3.63, 3.8) is 0 Å². The van der Waals surface area contributed by atoms with Crippen LogP contribution in [0, 0.1) is 17.2 Å². The van der Waals surface area contributed by atoms with Crippen LogP contribution in [-0.2, 0) is 4.74 Å². The molecule has 0 spiro atoms. The van der Waals surface area contributed by atoms with Gasteiger partial charge in [0.2, 0.25) is 0 Å². The van der Waals surface area contributed by atoms with Gasteiger partial charge in [-0.3, -0.25) is 0 Å². The molecule has 18 heavy (non-hydrogen) atoms. The minimum atomic E-state index is -0.877. The normalized spacial score (nSPS) is 16.3. The Balaban J connectivity index is 4.60. The molecule has 2 N–H and O–H groups in total. The molecule has 3 atom stereocenters. The molecule has 1 amide bonds. The van der Waals surface area contributed by atoms with Crippen LogP contribution in [0.5, 0.6) is 0 Å². The summed E-state index contributed by atoms with van der Waals surface area (Å²) in [4.78, 5) is 11.7. The molecule has 5 nitrogen and oxygen atoms in total. The first-order chi connectivity index (χ1) is 8.21. The van der Waals surface area contributed by atoms with E-state index in [2.05, 4.69) is 5.32 Å². The second-order valence-electron chi connectivity index (χ2n) is 5.49. The van der Waals surface area contributed by atoms with Gasteiger partial charge in [0.1, 0.15) is 5.60 Å². The molecule has 0 aromatic heterocycles. The zero-order valence-electron chi connectivity index (χ0n) is 11.9. The molecule has 5 heteroatoms. The van der Waals surface area contributed by atoms with Gasteiger partial charge in [-0.15, -0.1) is 0 Å². The minimum absolute atomic E-state index is 0.00912. The summed E-state index contributed by atoms with van der Waals surface area (Å²) in [5, 5.41) is 21.1. The highest BCUT2D eigenvalue weighted by atomic mass is 16.6. The Labute approximate surface area is 109 Å². The number of carbonyl (C=O) groups excluding carboxylic acids is 1. The summed E-state index contributed by atoms with van der Waals surface area (Å²) < 4.78 is 5.15. The maximum atomic E-state index is 11.7. The third kappa shape index (κ3) is 6.45. The number of nitrogens with one attached hydrogen (secondary N) is 1. The number of nitriles is 1. The second-order valence-corrected chi connectivity index (χ2v) is 5.49. The predicted molar refractivity (Wildman–Crippen MR) is 68.8 cm³/mol. The van der Waals surface area contributed by atoms with Gasteiger partial charge < -0.3 is 15.2 Å². The molecular formula is C13H24N2O3. The summed E-state index contributed by atoms with van der Waals surface area (Å²) in [7, 11) is 0. The van der Waals surface area contributed by atoms with Gasteiger partial charge in [-0.25, -0.2) is 4.79 Å². The average molecular weight is 256 g/mol. The number of amides is 1. The fraction of sp³-hybridized carbons (Fsp3) is 0.846. The summed E-state index contributed by atoms with van der Waals surface area (Å²) >= 11 is 0. The van der Waals surface area contributed by atoms with Crippen molar-refractivity contribution in [2.24, 2.45) is 5.92 Å². The molecule has 0 radical (unpaired) electrons. The molecule has 0 aliphatic carbocycles. The zero-order chi connectivity index (χ0) is 14.3. The van der Waals surface area contributed by atoms with E-state index >= 15 is 0 Å². The van der Waals surface area contributed by atoms with Gasteiger partial charge in [-0.05, 0) is 26.7 Å². The average Bonchev–Trinajstić information content (AvgIpc) is 2.22. The maximum absolute atomic E-state index is 11.7. The van der Waals surface area contributed by atoms with Crippen LogP contribution in [0.2, 0.25) is 0 Å². The van der Waals surface area contributed by atoms with Crippen LogP contribution in [0.3, 0.4) is 0 Å². The molecule has 0 aliphatic heterocycles. The van der Waals surface area contributed by atoms with Crippen molar-refractivity contribution in [2.75, 3.05) is 0 Å². The summed E-state index contributed by atoms with van der Waals surface area (Å²) in [6.07, 6.45) is -0.657. The Morgan fingerprint density at radius 1 is 1.50 bits per heavy atom. The van der Waals surface area contributed by atoms with Crippen molar-refractivity contribution in [1.82, 2.24) is 5.32 Å². The topological polar surface area (TPSA) is 82.3 Å². The Morgan fingerprint density at radius 3 is 2.44 bits per heavy atom. The van der Waals surface area contributed by atoms with Gasteiger partial charge in [0.05, 0.1) is 24.6 Å². The van der Waals surface area contributed by atoms with Crippen molar-refractivity contribution in [3.8, 4) is 6.07 Å². The number of aliphatic hydroxyl groups excluding tert-OH is 1. The van der Waals surface area contributed by atoms with Crippen molar-refractivity contribution in [2.45, 2.75) is 65.2 Å². The predicted octanol–water partition coefficient (Wildman–Crippen LogP) is 2.20. The number of ether oxygens (including phenoxy) is 1. The largest absolute Gasteiger partial charge is 0.444 e. The van der Waals surface area contributed by atoms with E-state index in [0.29, 0.717) is 0 Å². The molecular weight excluding hydrogens is 232 g/mol. The van der Waals surface area contributed by atoms with Gasteiger partial charge >= 0.3 is 6.09 Å². The summed E-state index contributed by atoms with van der Waals surface area (Å²) in [6.45, 7) is 9.21. The lowest BCUT2D eigenvalue weighted by molar-refractivity contribution is 0.0370. The van der Waals surface area contributed by atoms with Gasteiger partial charge in [-0.2, -0.15) is 5.26 Å². The van der Waals surface area contributed by atoms with Crippen molar-refractivity contribution in [3.05, 3.63) is 0 Å². The van der Waals surface area contributed by atoms with E-state index in [9.17, 15) is 9.90 Å². The molecule has 0 aromatic carbocycles. The third-order valence-electron chi connectivity index (χ3n) is 2.66. The second kappa shape index (κ2) is 7.22. The molecule has 0 fully saturated rings. The lowest BCUT2D eigenvalue weighted by Crippen LogP contribution is -2.48. The molecule has 0 saturated heterocycles. The first-order valence-electron chi connectivity index (χ1n) is 6.25. The third-order valence-corrected chi connectivity index (χ3v) is 2.66. The standard InChI is InChI=1S/C13H24N2O3/c1-6-9(2)11(10(16)7-8-14)15-12(17)18-13(3,4)5/h9-11,16H,6-7H2,1-5H3,(H,15,17)/t9-,10-,11+/m0/s1. The van der Waals surface area contributed by atoms with E-state index in [0.717, 1.165) is 6.42 Å². The van der Waals surface area contributed by atoms with E-state index < -0.39 is 23.8 Å². The molecule has 0 saturated carbocycles. The van der Waals surface area contributed by atoms with E-state index in [1.807, 2.05) is 19.9 Å². The van der Waals surface area contributed by atoms with Crippen LogP contribution >= 0.6 is 0 Å². The summed E-state index contributed by atoms with van der Waals surface area (Å²) in [5.41, 5.74) is -0.579. The first kappa shape index (κ1) is 16.7. The molecule has 0 rings (SSSR count). The Bertz CT molecular complexity index is 304. The van der Waals surface area contributed by atoms with Gasteiger partial charge in [0, 0.05) is 0 Å². The fourth-order valence-corrected chi connectivity index (χ4v) is 1.54. The number of hydrogen-bond donors (Lipinski definition) is 2. The SMILES string of the molecule is CC[C@H](C)[C@@H](NC(=O)OC(C)(C)C)[C@@H](O)CC#N.